The Labute approximate surface area is 147 Å². The molecule has 2 aromatic carbocycles. The van der Waals surface area contributed by atoms with E-state index in [-0.39, 0.29) is 18.6 Å². The summed E-state index contributed by atoms with van der Waals surface area (Å²) in [5.74, 6) is 2.54. The maximum Gasteiger partial charge on any atom is 0.416 e. The number of hydrogen-bond donors (Lipinski definition) is 0. The zero-order chi connectivity index (χ0) is 18.6. The molecule has 0 spiro atoms. The van der Waals surface area contributed by atoms with Crippen LogP contribution >= 0.6 is 0 Å². The van der Waals surface area contributed by atoms with Gasteiger partial charge in [-0.3, -0.25) is 0 Å². The van der Waals surface area contributed by atoms with Gasteiger partial charge in [-0.25, -0.2) is 0 Å². The van der Waals surface area contributed by atoms with Gasteiger partial charge >= 0.3 is 12.3 Å². The molecule has 0 unspecified atom stereocenters. The van der Waals surface area contributed by atoms with Gasteiger partial charge in [-0.05, 0) is 35.7 Å². The van der Waals surface area contributed by atoms with E-state index in [1.807, 2.05) is 12.1 Å². The second-order valence-corrected chi connectivity index (χ2v) is 5.39. The Morgan fingerprint density at radius 2 is 1.77 bits per heavy atom. The van der Waals surface area contributed by atoms with Gasteiger partial charge in [-0.2, -0.15) is 13.2 Å². The van der Waals surface area contributed by atoms with E-state index in [4.69, 9.17) is 15.6 Å². The Balaban J connectivity index is 1.83. The SMILES string of the molecule is C#CCOc1nnc(-c2ccccc2Cc2ccc(C(F)(F)F)cc2)o1. The first-order chi connectivity index (χ1) is 12.5. The Morgan fingerprint density at radius 1 is 1.04 bits per heavy atom. The lowest BCUT2D eigenvalue weighted by atomic mass is 9.99. The lowest BCUT2D eigenvalue weighted by Crippen LogP contribution is -2.04. The second kappa shape index (κ2) is 7.31. The van der Waals surface area contributed by atoms with E-state index in [1.165, 1.54) is 12.1 Å². The number of ether oxygens (including phenoxy) is 1. The fourth-order valence-corrected chi connectivity index (χ4v) is 2.39. The first-order valence-electron chi connectivity index (χ1n) is 7.61. The molecule has 132 valence electrons. The van der Waals surface area contributed by atoms with Gasteiger partial charge in [-0.15, -0.1) is 11.5 Å². The van der Waals surface area contributed by atoms with E-state index < -0.39 is 11.7 Å². The molecule has 3 aromatic rings. The van der Waals surface area contributed by atoms with Crippen molar-refractivity contribution in [2.75, 3.05) is 6.61 Å². The molecule has 0 aliphatic carbocycles. The van der Waals surface area contributed by atoms with Crippen LogP contribution in [0.1, 0.15) is 16.7 Å². The van der Waals surface area contributed by atoms with Crippen molar-refractivity contribution < 1.29 is 22.3 Å². The number of alkyl halides is 3. The van der Waals surface area contributed by atoms with Crippen molar-refractivity contribution in [2.45, 2.75) is 12.6 Å². The molecular formula is C19H13F3N2O2. The molecule has 1 aromatic heterocycles. The van der Waals surface area contributed by atoms with Gasteiger partial charge in [0.15, 0.2) is 6.61 Å². The van der Waals surface area contributed by atoms with E-state index in [2.05, 4.69) is 16.1 Å². The Hall–Kier alpha value is -3.27. The predicted octanol–water partition coefficient (Wildman–Crippen LogP) is 4.36. The van der Waals surface area contributed by atoms with E-state index in [9.17, 15) is 13.2 Å². The highest BCUT2D eigenvalue weighted by Gasteiger charge is 2.29. The third kappa shape index (κ3) is 4.03. The van der Waals surface area contributed by atoms with Crippen LogP contribution in [0.5, 0.6) is 6.08 Å². The molecule has 7 heteroatoms. The molecule has 0 saturated carbocycles. The lowest BCUT2D eigenvalue weighted by Gasteiger charge is -2.09. The second-order valence-electron chi connectivity index (χ2n) is 5.39. The highest BCUT2D eigenvalue weighted by atomic mass is 19.4. The maximum absolute atomic E-state index is 12.7. The van der Waals surface area contributed by atoms with Crippen molar-refractivity contribution in [3.63, 3.8) is 0 Å². The van der Waals surface area contributed by atoms with Crippen LogP contribution in [-0.2, 0) is 12.6 Å². The average Bonchev–Trinajstić information content (AvgIpc) is 3.09. The zero-order valence-electron chi connectivity index (χ0n) is 13.5. The Kier molecular flexibility index (Phi) is 4.94. The summed E-state index contributed by atoms with van der Waals surface area (Å²) in [5.41, 5.74) is 1.56. The van der Waals surface area contributed by atoms with Gasteiger partial charge in [0.05, 0.1) is 5.56 Å². The van der Waals surface area contributed by atoms with E-state index in [0.29, 0.717) is 12.0 Å². The van der Waals surface area contributed by atoms with Gasteiger partial charge in [0.25, 0.3) is 5.89 Å². The molecule has 0 aliphatic heterocycles. The molecule has 4 nitrogen and oxygen atoms in total. The summed E-state index contributed by atoms with van der Waals surface area (Å²) in [6.07, 6.45) is 1.13. The molecular weight excluding hydrogens is 345 g/mol. The standard InChI is InChI=1S/C19H13F3N2O2/c1-2-11-25-18-24-23-17(26-18)16-6-4-3-5-14(16)12-13-7-9-15(10-8-13)19(20,21)22/h1,3-10H,11-12H2. The van der Waals surface area contributed by atoms with Crippen LogP contribution in [0.2, 0.25) is 0 Å². The van der Waals surface area contributed by atoms with Crippen LogP contribution in [-0.4, -0.2) is 16.8 Å². The number of halogens is 3. The van der Waals surface area contributed by atoms with Gasteiger partial charge in [-0.1, -0.05) is 41.4 Å². The number of aromatic nitrogens is 2. The first-order valence-corrected chi connectivity index (χ1v) is 7.61. The van der Waals surface area contributed by atoms with Crippen molar-refractivity contribution >= 4 is 0 Å². The van der Waals surface area contributed by atoms with E-state index in [0.717, 1.165) is 23.3 Å². The molecule has 0 fully saturated rings. The number of hydrogen-bond acceptors (Lipinski definition) is 4. The van der Waals surface area contributed by atoms with Crippen LogP contribution in [0.4, 0.5) is 13.2 Å². The topological polar surface area (TPSA) is 48.2 Å². The lowest BCUT2D eigenvalue weighted by molar-refractivity contribution is -0.137. The summed E-state index contributed by atoms with van der Waals surface area (Å²) < 4.78 is 48.5. The fraction of sp³-hybridized carbons (Fsp3) is 0.158. The summed E-state index contributed by atoms with van der Waals surface area (Å²) in [4.78, 5) is 0. The van der Waals surface area contributed by atoms with Crippen molar-refractivity contribution in [1.82, 2.24) is 10.2 Å². The van der Waals surface area contributed by atoms with Crippen molar-refractivity contribution in [3.05, 3.63) is 65.2 Å². The fourth-order valence-electron chi connectivity index (χ4n) is 2.39. The molecule has 0 saturated heterocycles. The number of nitrogens with zero attached hydrogens (tertiary/aromatic N) is 2. The minimum Gasteiger partial charge on any atom is -0.436 e. The van der Waals surface area contributed by atoms with E-state index >= 15 is 0 Å². The van der Waals surface area contributed by atoms with Gasteiger partial charge in [0.2, 0.25) is 0 Å². The third-order valence-electron chi connectivity index (χ3n) is 3.61. The Bertz CT molecular complexity index is 925. The van der Waals surface area contributed by atoms with Crippen molar-refractivity contribution in [1.29, 1.82) is 0 Å². The summed E-state index contributed by atoms with van der Waals surface area (Å²) in [5, 5.41) is 7.69. The quantitative estimate of drug-likeness (QED) is 0.636. The van der Waals surface area contributed by atoms with Gasteiger partial charge in [0.1, 0.15) is 0 Å². The molecule has 3 rings (SSSR count). The first kappa shape index (κ1) is 17.5. The van der Waals surface area contributed by atoms with E-state index in [1.54, 1.807) is 12.1 Å². The van der Waals surface area contributed by atoms with Gasteiger partial charge < -0.3 is 9.15 Å². The minimum atomic E-state index is -4.35. The number of terminal acetylenes is 1. The molecule has 0 atom stereocenters. The number of rotatable bonds is 5. The normalized spacial score (nSPS) is 11.2. The van der Waals surface area contributed by atoms with Crippen molar-refractivity contribution in [3.8, 4) is 29.9 Å². The van der Waals surface area contributed by atoms with Crippen LogP contribution in [0, 0.1) is 12.3 Å². The predicted molar refractivity (Wildman–Crippen MR) is 88.3 cm³/mol. The van der Waals surface area contributed by atoms with Crippen LogP contribution < -0.4 is 4.74 Å². The average molecular weight is 358 g/mol. The summed E-state index contributed by atoms with van der Waals surface area (Å²) in [6, 6.07) is 12.3. The minimum absolute atomic E-state index is 0.00876. The van der Waals surface area contributed by atoms with Gasteiger partial charge in [0, 0.05) is 5.56 Å². The highest BCUT2D eigenvalue weighted by Crippen LogP contribution is 2.30. The molecule has 26 heavy (non-hydrogen) atoms. The summed E-state index contributed by atoms with van der Waals surface area (Å²) >= 11 is 0. The summed E-state index contributed by atoms with van der Waals surface area (Å²) in [6.45, 7) is 0.00876. The molecule has 0 amide bonds. The Morgan fingerprint density at radius 3 is 2.46 bits per heavy atom. The van der Waals surface area contributed by atoms with Crippen LogP contribution in [0.3, 0.4) is 0 Å². The molecule has 0 aliphatic rings. The smallest absolute Gasteiger partial charge is 0.416 e. The highest BCUT2D eigenvalue weighted by molar-refractivity contribution is 5.59. The maximum atomic E-state index is 12.7. The van der Waals surface area contributed by atoms with Crippen molar-refractivity contribution in [2.24, 2.45) is 0 Å². The van der Waals surface area contributed by atoms with Crippen LogP contribution in [0.15, 0.2) is 52.9 Å². The molecule has 1 heterocycles. The summed E-state index contributed by atoms with van der Waals surface area (Å²) in [7, 11) is 0. The molecule has 0 radical (unpaired) electrons. The zero-order valence-corrected chi connectivity index (χ0v) is 13.5. The van der Waals surface area contributed by atoms with Crippen LogP contribution in [0.25, 0.3) is 11.5 Å². The largest absolute Gasteiger partial charge is 0.436 e. The monoisotopic (exact) mass is 358 g/mol. The number of benzene rings is 2. The molecule has 0 N–H and O–H groups in total. The molecule has 0 bridgehead atoms. The third-order valence-corrected chi connectivity index (χ3v) is 3.61.